The summed E-state index contributed by atoms with van der Waals surface area (Å²) in [7, 11) is 1.38. The molecule has 1 aromatic heterocycles. The SMILES string of the molecule is CCCCOc1ccccc1[C@H]1C(C(=O)OC)=C(C)NC2=C1C(=O)C[C@H](c1cccs1)C2. The van der Waals surface area contributed by atoms with Gasteiger partial charge in [-0.25, -0.2) is 4.79 Å². The van der Waals surface area contributed by atoms with Crippen molar-refractivity contribution in [1.82, 2.24) is 5.32 Å². The molecular formula is C26H29NO4S. The van der Waals surface area contributed by atoms with E-state index in [4.69, 9.17) is 9.47 Å². The minimum absolute atomic E-state index is 0.0689. The first-order valence-electron chi connectivity index (χ1n) is 11.1. The number of ketones is 1. The van der Waals surface area contributed by atoms with E-state index in [1.807, 2.05) is 42.6 Å². The lowest BCUT2D eigenvalue weighted by atomic mass is 9.72. The van der Waals surface area contributed by atoms with E-state index in [1.165, 1.54) is 12.0 Å². The van der Waals surface area contributed by atoms with Crippen molar-refractivity contribution < 1.29 is 19.1 Å². The number of ether oxygens (including phenoxy) is 2. The Morgan fingerprint density at radius 1 is 1.19 bits per heavy atom. The Morgan fingerprint density at radius 3 is 2.72 bits per heavy atom. The van der Waals surface area contributed by atoms with Gasteiger partial charge in [-0.05, 0) is 37.3 Å². The molecule has 168 valence electrons. The molecule has 0 fully saturated rings. The summed E-state index contributed by atoms with van der Waals surface area (Å²) in [6.07, 6.45) is 3.14. The van der Waals surface area contributed by atoms with Crippen LogP contribution in [-0.4, -0.2) is 25.5 Å². The third kappa shape index (κ3) is 4.24. The maximum absolute atomic E-state index is 13.5. The summed E-state index contributed by atoms with van der Waals surface area (Å²) in [6, 6.07) is 11.8. The summed E-state index contributed by atoms with van der Waals surface area (Å²) in [5.74, 6) is -0.00386. The fraction of sp³-hybridized carbons (Fsp3) is 0.385. The van der Waals surface area contributed by atoms with E-state index >= 15 is 0 Å². The van der Waals surface area contributed by atoms with Crippen LogP contribution in [0.1, 0.15) is 61.8 Å². The Balaban J connectivity index is 1.81. The molecule has 0 bridgehead atoms. The molecule has 6 heteroatoms. The fourth-order valence-corrected chi connectivity index (χ4v) is 5.46. The average Bonchev–Trinajstić information content (AvgIpc) is 3.33. The predicted molar refractivity (Wildman–Crippen MR) is 126 cm³/mol. The summed E-state index contributed by atoms with van der Waals surface area (Å²) in [6.45, 7) is 4.59. The molecule has 0 saturated carbocycles. The summed E-state index contributed by atoms with van der Waals surface area (Å²) in [5, 5.41) is 5.43. The van der Waals surface area contributed by atoms with Crippen molar-refractivity contribution in [2.24, 2.45) is 0 Å². The highest BCUT2D eigenvalue weighted by Gasteiger charge is 2.42. The number of dihydropyridines is 1. The Kier molecular flexibility index (Phi) is 6.80. The van der Waals surface area contributed by atoms with E-state index in [2.05, 4.69) is 18.3 Å². The number of hydrogen-bond donors (Lipinski definition) is 1. The van der Waals surface area contributed by atoms with Crippen LogP contribution in [0.3, 0.4) is 0 Å². The van der Waals surface area contributed by atoms with Crippen LogP contribution < -0.4 is 10.1 Å². The lowest BCUT2D eigenvalue weighted by Crippen LogP contribution is -2.36. The molecule has 0 saturated heterocycles. The van der Waals surface area contributed by atoms with Gasteiger partial charge in [0, 0.05) is 39.7 Å². The van der Waals surface area contributed by atoms with Crippen LogP contribution in [0, 0.1) is 0 Å². The molecule has 1 N–H and O–H groups in total. The second-order valence-electron chi connectivity index (χ2n) is 8.26. The van der Waals surface area contributed by atoms with Gasteiger partial charge < -0.3 is 14.8 Å². The van der Waals surface area contributed by atoms with Gasteiger partial charge in [-0.1, -0.05) is 37.6 Å². The van der Waals surface area contributed by atoms with Crippen molar-refractivity contribution in [2.75, 3.05) is 13.7 Å². The third-order valence-electron chi connectivity index (χ3n) is 6.16. The first-order valence-corrected chi connectivity index (χ1v) is 12.0. The monoisotopic (exact) mass is 451 g/mol. The molecule has 2 atom stereocenters. The molecule has 2 heterocycles. The zero-order valence-corrected chi connectivity index (χ0v) is 19.6. The van der Waals surface area contributed by atoms with E-state index in [0.29, 0.717) is 29.9 Å². The number of allylic oxidation sites excluding steroid dienone is 3. The Morgan fingerprint density at radius 2 is 2.00 bits per heavy atom. The molecule has 0 amide bonds. The highest BCUT2D eigenvalue weighted by molar-refractivity contribution is 7.10. The van der Waals surface area contributed by atoms with Gasteiger partial charge in [-0.15, -0.1) is 11.3 Å². The van der Waals surface area contributed by atoms with Crippen LogP contribution in [0.4, 0.5) is 0 Å². The number of carbonyl (C=O) groups is 2. The number of rotatable bonds is 7. The van der Waals surface area contributed by atoms with Crippen molar-refractivity contribution in [3.05, 3.63) is 74.8 Å². The van der Waals surface area contributed by atoms with E-state index in [1.54, 1.807) is 11.3 Å². The molecule has 0 radical (unpaired) electrons. The van der Waals surface area contributed by atoms with Crippen LogP contribution in [0.2, 0.25) is 0 Å². The number of methoxy groups -OCH3 is 1. The maximum atomic E-state index is 13.5. The number of carbonyl (C=O) groups excluding carboxylic acids is 2. The Labute approximate surface area is 193 Å². The molecular weight excluding hydrogens is 422 g/mol. The van der Waals surface area contributed by atoms with Crippen LogP contribution >= 0.6 is 11.3 Å². The van der Waals surface area contributed by atoms with E-state index in [9.17, 15) is 9.59 Å². The lowest BCUT2D eigenvalue weighted by molar-refractivity contribution is -0.136. The summed E-state index contributed by atoms with van der Waals surface area (Å²) in [4.78, 5) is 27.6. The van der Waals surface area contributed by atoms with Gasteiger partial charge in [-0.3, -0.25) is 4.79 Å². The van der Waals surface area contributed by atoms with Gasteiger partial charge in [0.15, 0.2) is 5.78 Å². The third-order valence-corrected chi connectivity index (χ3v) is 7.20. The van der Waals surface area contributed by atoms with Gasteiger partial charge in [0.1, 0.15) is 5.75 Å². The normalized spacial score (nSPS) is 20.7. The largest absolute Gasteiger partial charge is 0.493 e. The number of para-hydroxylation sites is 1. The van der Waals surface area contributed by atoms with Gasteiger partial charge in [0.25, 0.3) is 0 Å². The van der Waals surface area contributed by atoms with Crippen LogP contribution in [0.5, 0.6) is 5.75 Å². The molecule has 2 aliphatic rings. The topological polar surface area (TPSA) is 64.6 Å². The van der Waals surface area contributed by atoms with Crippen LogP contribution in [0.25, 0.3) is 0 Å². The van der Waals surface area contributed by atoms with Gasteiger partial charge in [0.2, 0.25) is 0 Å². The van der Waals surface area contributed by atoms with Crippen molar-refractivity contribution in [2.45, 2.75) is 51.4 Å². The molecule has 0 spiro atoms. The second-order valence-corrected chi connectivity index (χ2v) is 9.24. The van der Waals surface area contributed by atoms with Gasteiger partial charge in [0.05, 0.1) is 25.2 Å². The Bertz CT molecular complexity index is 1070. The van der Waals surface area contributed by atoms with Crippen molar-refractivity contribution in [1.29, 1.82) is 0 Å². The van der Waals surface area contributed by atoms with Gasteiger partial charge in [-0.2, -0.15) is 0 Å². The van der Waals surface area contributed by atoms with E-state index in [-0.39, 0.29) is 11.7 Å². The quantitative estimate of drug-likeness (QED) is 0.447. The summed E-state index contributed by atoms with van der Waals surface area (Å²) >= 11 is 1.68. The van der Waals surface area contributed by atoms with Crippen LogP contribution in [-0.2, 0) is 14.3 Å². The first-order chi connectivity index (χ1) is 15.5. The van der Waals surface area contributed by atoms with Crippen LogP contribution in [0.15, 0.2) is 64.3 Å². The maximum Gasteiger partial charge on any atom is 0.336 e. The summed E-state index contributed by atoms with van der Waals surface area (Å²) in [5.41, 5.74) is 3.60. The number of thiophene rings is 1. The number of nitrogens with one attached hydrogen (secondary N) is 1. The average molecular weight is 452 g/mol. The molecule has 0 unspecified atom stereocenters. The number of hydrogen-bond acceptors (Lipinski definition) is 6. The molecule has 1 aromatic carbocycles. The highest BCUT2D eigenvalue weighted by Crippen LogP contribution is 2.48. The number of esters is 1. The van der Waals surface area contributed by atoms with Crippen molar-refractivity contribution >= 4 is 23.1 Å². The zero-order chi connectivity index (χ0) is 22.7. The van der Waals surface area contributed by atoms with E-state index in [0.717, 1.165) is 36.2 Å². The fourth-order valence-electron chi connectivity index (χ4n) is 4.63. The standard InChI is InChI=1S/C26H29NO4S/c1-4-5-12-31-21-10-7-6-9-18(21)24-23(26(29)30-3)16(2)27-19-14-17(15-20(28)25(19)24)22-11-8-13-32-22/h6-11,13,17,24,27H,4-5,12,14-15H2,1-3H3/t17-,24+/m1/s1. The smallest absolute Gasteiger partial charge is 0.336 e. The van der Waals surface area contributed by atoms with Crippen molar-refractivity contribution in [3.8, 4) is 5.75 Å². The summed E-state index contributed by atoms with van der Waals surface area (Å²) < 4.78 is 11.2. The lowest BCUT2D eigenvalue weighted by Gasteiger charge is -2.36. The minimum atomic E-state index is -0.506. The first kappa shape index (κ1) is 22.3. The van der Waals surface area contributed by atoms with Crippen molar-refractivity contribution in [3.63, 3.8) is 0 Å². The molecule has 1 aliphatic heterocycles. The molecule has 1 aliphatic carbocycles. The van der Waals surface area contributed by atoms with E-state index < -0.39 is 11.9 Å². The highest BCUT2D eigenvalue weighted by atomic mass is 32.1. The zero-order valence-electron chi connectivity index (χ0n) is 18.8. The minimum Gasteiger partial charge on any atom is -0.493 e. The van der Waals surface area contributed by atoms with Gasteiger partial charge >= 0.3 is 5.97 Å². The molecule has 2 aromatic rings. The number of unbranched alkanes of at least 4 members (excludes halogenated alkanes) is 1. The second kappa shape index (κ2) is 9.74. The number of benzene rings is 1. The molecule has 5 nitrogen and oxygen atoms in total. The predicted octanol–water partition coefficient (Wildman–Crippen LogP) is 5.46. The Hall–Kier alpha value is -2.86. The molecule has 4 rings (SSSR count). The molecule has 32 heavy (non-hydrogen) atoms. The number of Topliss-reactive ketones (excluding diaryl/α,β-unsaturated/α-hetero) is 1.